The van der Waals surface area contributed by atoms with Crippen LogP contribution in [0.2, 0.25) is 0 Å². The maximum Gasteiger partial charge on any atom is 0.0928 e. The summed E-state index contributed by atoms with van der Waals surface area (Å²) in [6, 6.07) is 0.391. The zero-order valence-corrected chi connectivity index (χ0v) is 7.85. The SMILES string of the molecule is COCCN(C(C)=N)C(C)C. The Labute approximate surface area is 68.9 Å². The van der Waals surface area contributed by atoms with Crippen molar-refractivity contribution >= 4 is 5.84 Å². The van der Waals surface area contributed by atoms with Gasteiger partial charge in [-0.25, -0.2) is 0 Å². The summed E-state index contributed by atoms with van der Waals surface area (Å²) in [4.78, 5) is 2.00. The van der Waals surface area contributed by atoms with Crippen molar-refractivity contribution < 1.29 is 4.74 Å². The first kappa shape index (κ1) is 10.4. The van der Waals surface area contributed by atoms with Gasteiger partial charge in [-0.15, -0.1) is 0 Å². The number of hydrogen-bond donors (Lipinski definition) is 1. The van der Waals surface area contributed by atoms with Crippen LogP contribution in [0.4, 0.5) is 0 Å². The molecule has 0 spiro atoms. The number of rotatable bonds is 4. The van der Waals surface area contributed by atoms with E-state index in [4.69, 9.17) is 10.1 Å². The predicted molar refractivity (Wildman–Crippen MR) is 47.1 cm³/mol. The average Bonchev–Trinajstić information content (AvgIpc) is 1.87. The van der Waals surface area contributed by atoms with Crippen molar-refractivity contribution in [3.05, 3.63) is 0 Å². The Balaban J connectivity index is 3.80. The molecule has 0 aliphatic rings. The Kier molecular flexibility index (Phi) is 4.86. The van der Waals surface area contributed by atoms with Crippen LogP contribution in [0.1, 0.15) is 20.8 Å². The predicted octanol–water partition coefficient (Wildman–Crippen LogP) is 1.34. The molecule has 0 radical (unpaired) electrons. The minimum atomic E-state index is 0.391. The standard InChI is InChI=1S/C8H18N2O/c1-7(2)10(8(3)9)5-6-11-4/h7,9H,5-6H2,1-4H3. The van der Waals surface area contributed by atoms with Gasteiger partial charge in [0.1, 0.15) is 0 Å². The van der Waals surface area contributed by atoms with Gasteiger partial charge < -0.3 is 9.64 Å². The van der Waals surface area contributed by atoms with E-state index in [9.17, 15) is 0 Å². The molecule has 0 saturated carbocycles. The van der Waals surface area contributed by atoms with Crippen LogP contribution in [-0.4, -0.2) is 37.0 Å². The Morgan fingerprint density at radius 3 is 2.36 bits per heavy atom. The number of nitrogens with zero attached hydrogens (tertiary/aromatic N) is 1. The van der Waals surface area contributed by atoms with Crippen LogP contribution in [-0.2, 0) is 4.74 Å². The molecule has 0 fully saturated rings. The molecule has 0 aromatic rings. The second-order valence-electron chi connectivity index (χ2n) is 2.87. The van der Waals surface area contributed by atoms with Gasteiger partial charge in [0, 0.05) is 19.7 Å². The minimum absolute atomic E-state index is 0.391. The summed E-state index contributed by atoms with van der Waals surface area (Å²) in [7, 11) is 1.68. The van der Waals surface area contributed by atoms with Gasteiger partial charge in [-0.3, -0.25) is 5.41 Å². The number of methoxy groups -OCH3 is 1. The molecule has 3 nitrogen and oxygen atoms in total. The highest BCUT2D eigenvalue weighted by molar-refractivity contribution is 5.76. The molecule has 0 aliphatic heterocycles. The summed E-state index contributed by atoms with van der Waals surface area (Å²) >= 11 is 0. The topological polar surface area (TPSA) is 36.3 Å². The fraction of sp³-hybridized carbons (Fsp3) is 0.875. The lowest BCUT2D eigenvalue weighted by Crippen LogP contribution is -2.37. The van der Waals surface area contributed by atoms with E-state index in [1.807, 2.05) is 4.90 Å². The van der Waals surface area contributed by atoms with Crippen molar-refractivity contribution in [2.24, 2.45) is 0 Å². The van der Waals surface area contributed by atoms with Crippen molar-refractivity contribution in [2.45, 2.75) is 26.8 Å². The van der Waals surface area contributed by atoms with Gasteiger partial charge in [0.2, 0.25) is 0 Å². The van der Waals surface area contributed by atoms with Crippen molar-refractivity contribution in [3.63, 3.8) is 0 Å². The molecule has 0 rings (SSSR count). The number of ether oxygens (including phenoxy) is 1. The lowest BCUT2D eigenvalue weighted by Gasteiger charge is -2.26. The highest BCUT2D eigenvalue weighted by Gasteiger charge is 2.07. The highest BCUT2D eigenvalue weighted by atomic mass is 16.5. The van der Waals surface area contributed by atoms with E-state index < -0.39 is 0 Å². The lowest BCUT2D eigenvalue weighted by atomic mass is 10.3. The summed E-state index contributed by atoms with van der Waals surface area (Å²) in [6.45, 7) is 7.45. The van der Waals surface area contributed by atoms with E-state index in [0.29, 0.717) is 18.5 Å². The van der Waals surface area contributed by atoms with Crippen LogP contribution >= 0.6 is 0 Å². The molecule has 1 N–H and O–H groups in total. The van der Waals surface area contributed by atoms with Gasteiger partial charge in [0.25, 0.3) is 0 Å². The smallest absolute Gasteiger partial charge is 0.0928 e. The first-order valence-electron chi connectivity index (χ1n) is 3.90. The van der Waals surface area contributed by atoms with Crippen molar-refractivity contribution in [3.8, 4) is 0 Å². The Morgan fingerprint density at radius 1 is 1.55 bits per heavy atom. The second kappa shape index (κ2) is 5.13. The van der Waals surface area contributed by atoms with Crippen LogP contribution in [0, 0.1) is 5.41 Å². The quantitative estimate of drug-likeness (QED) is 0.495. The Bertz CT molecular complexity index is 123. The molecule has 0 atom stereocenters. The molecule has 66 valence electrons. The fourth-order valence-corrected chi connectivity index (χ4v) is 1.00. The van der Waals surface area contributed by atoms with Crippen LogP contribution in [0.25, 0.3) is 0 Å². The molecule has 0 amide bonds. The molecule has 0 aromatic heterocycles. The largest absolute Gasteiger partial charge is 0.383 e. The molecule has 0 bridgehead atoms. The molecule has 0 saturated heterocycles. The molecule has 0 unspecified atom stereocenters. The number of nitrogens with one attached hydrogen (secondary N) is 1. The first-order valence-corrected chi connectivity index (χ1v) is 3.90. The van der Waals surface area contributed by atoms with Crippen LogP contribution < -0.4 is 0 Å². The van der Waals surface area contributed by atoms with E-state index in [0.717, 1.165) is 6.54 Å². The maximum atomic E-state index is 7.43. The van der Waals surface area contributed by atoms with Gasteiger partial charge >= 0.3 is 0 Å². The molecule has 0 aromatic carbocycles. The van der Waals surface area contributed by atoms with E-state index >= 15 is 0 Å². The lowest BCUT2D eigenvalue weighted by molar-refractivity contribution is 0.166. The van der Waals surface area contributed by atoms with Crippen molar-refractivity contribution in [1.29, 1.82) is 5.41 Å². The third-order valence-corrected chi connectivity index (χ3v) is 1.59. The van der Waals surface area contributed by atoms with E-state index in [2.05, 4.69) is 13.8 Å². The fourth-order valence-electron chi connectivity index (χ4n) is 1.00. The Hall–Kier alpha value is -0.570. The van der Waals surface area contributed by atoms with Crippen LogP contribution in [0.3, 0.4) is 0 Å². The van der Waals surface area contributed by atoms with Gasteiger partial charge in [0.05, 0.1) is 12.4 Å². The highest BCUT2D eigenvalue weighted by Crippen LogP contribution is 1.97. The van der Waals surface area contributed by atoms with E-state index in [-0.39, 0.29) is 0 Å². The van der Waals surface area contributed by atoms with Crippen molar-refractivity contribution in [2.75, 3.05) is 20.3 Å². The first-order chi connectivity index (χ1) is 5.09. The van der Waals surface area contributed by atoms with E-state index in [1.54, 1.807) is 14.0 Å². The van der Waals surface area contributed by atoms with E-state index in [1.165, 1.54) is 0 Å². The summed E-state index contributed by atoms with van der Waals surface area (Å²) in [5, 5.41) is 7.43. The zero-order chi connectivity index (χ0) is 8.85. The monoisotopic (exact) mass is 158 g/mol. The summed E-state index contributed by atoms with van der Waals surface area (Å²) in [5.74, 6) is 0.608. The summed E-state index contributed by atoms with van der Waals surface area (Å²) < 4.78 is 4.93. The Morgan fingerprint density at radius 2 is 2.09 bits per heavy atom. The normalized spacial score (nSPS) is 10.3. The van der Waals surface area contributed by atoms with Gasteiger partial charge in [-0.1, -0.05) is 0 Å². The van der Waals surface area contributed by atoms with Crippen molar-refractivity contribution in [1.82, 2.24) is 4.90 Å². The number of hydrogen-bond acceptors (Lipinski definition) is 2. The second-order valence-corrected chi connectivity index (χ2v) is 2.87. The van der Waals surface area contributed by atoms with Gasteiger partial charge in [-0.2, -0.15) is 0 Å². The molecule has 11 heavy (non-hydrogen) atoms. The molecule has 3 heteroatoms. The third-order valence-electron chi connectivity index (χ3n) is 1.59. The summed E-state index contributed by atoms with van der Waals surface area (Å²) in [5.41, 5.74) is 0. The molecule has 0 aliphatic carbocycles. The number of amidine groups is 1. The molecule has 0 heterocycles. The molecular formula is C8H18N2O. The maximum absolute atomic E-state index is 7.43. The minimum Gasteiger partial charge on any atom is -0.383 e. The third kappa shape index (κ3) is 3.98. The van der Waals surface area contributed by atoms with Crippen LogP contribution in [0.15, 0.2) is 0 Å². The van der Waals surface area contributed by atoms with Crippen LogP contribution in [0.5, 0.6) is 0 Å². The molecular weight excluding hydrogens is 140 g/mol. The average molecular weight is 158 g/mol. The van der Waals surface area contributed by atoms with Gasteiger partial charge in [-0.05, 0) is 20.8 Å². The zero-order valence-electron chi connectivity index (χ0n) is 7.85. The summed E-state index contributed by atoms with van der Waals surface area (Å²) in [6.07, 6.45) is 0. The van der Waals surface area contributed by atoms with Gasteiger partial charge in [0.15, 0.2) is 0 Å².